The van der Waals surface area contributed by atoms with Gasteiger partial charge in [-0.1, -0.05) is 18.2 Å². The molecule has 0 aliphatic carbocycles. The number of nitrogens with zero attached hydrogens (tertiary/aromatic N) is 6. The second-order valence-corrected chi connectivity index (χ2v) is 11.3. The van der Waals surface area contributed by atoms with Crippen molar-refractivity contribution in [3.05, 3.63) is 66.0 Å². The highest BCUT2D eigenvalue weighted by Gasteiger charge is 2.30. The highest BCUT2D eigenvalue weighted by Crippen LogP contribution is 2.37. The van der Waals surface area contributed by atoms with E-state index in [1.165, 1.54) is 25.2 Å². The van der Waals surface area contributed by atoms with Crippen LogP contribution in [0.2, 0.25) is 0 Å². The molecule has 9 nitrogen and oxygen atoms in total. The van der Waals surface area contributed by atoms with Crippen LogP contribution in [0, 0.1) is 0 Å². The third kappa shape index (κ3) is 6.28. The van der Waals surface area contributed by atoms with Gasteiger partial charge >= 0.3 is 0 Å². The molecule has 3 fully saturated rings. The number of piperidine rings is 1. The Kier molecular flexibility index (Phi) is 8.68. The maximum Gasteiger partial charge on any atom is 0.263 e. The molecule has 1 N–H and O–H groups in total. The molecule has 11 heteroatoms. The van der Waals surface area contributed by atoms with Gasteiger partial charge < -0.3 is 19.9 Å². The fraction of sp³-hybridized carbons (Fsp3) is 0.484. The van der Waals surface area contributed by atoms with Gasteiger partial charge in [0.1, 0.15) is 17.9 Å². The third-order valence-electron chi connectivity index (χ3n) is 8.66. The number of alkyl halides is 2. The number of rotatable bonds is 8. The quantitative estimate of drug-likeness (QED) is 0.385. The van der Waals surface area contributed by atoms with Crippen LogP contribution in [0.4, 0.5) is 31.8 Å². The fourth-order valence-electron chi connectivity index (χ4n) is 6.23. The van der Waals surface area contributed by atoms with Gasteiger partial charge in [0.25, 0.3) is 6.43 Å². The smallest absolute Gasteiger partial charge is 0.263 e. The van der Waals surface area contributed by atoms with E-state index in [0.29, 0.717) is 30.7 Å². The highest BCUT2D eigenvalue weighted by molar-refractivity contribution is 5.70. The lowest BCUT2D eigenvalue weighted by Gasteiger charge is -2.42. The van der Waals surface area contributed by atoms with E-state index in [9.17, 15) is 8.78 Å². The van der Waals surface area contributed by atoms with Crippen LogP contribution in [-0.2, 0) is 4.84 Å². The van der Waals surface area contributed by atoms with Crippen LogP contribution in [0.5, 0.6) is 5.75 Å². The van der Waals surface area contributed by atoms with Crippen LogP contribution in [0.25, 0.3) is 0 Å². The Morgan fingerprint density at radius 2 is 1.76 bits per heavy atom. The predicted molar refractivity (Wildman–Crippen MR) is 160 cm³/mol. The number of ether oxygens (including phenoxy) is 1. The van der Waals surface area contributed by atoms with Crippen molar-refractivity contribution in [2.45, 2.75) is 37.8 Å². The van der Waals surface area contributed by atoms with Gasteiger partial charge in [0, 0.05) is 75.1 Å². The highest BCUT2D eigenvalue weighted by atomic mass is 19.3. The standard InChI is InChI=1S/C31H39F2N7O2/c1-37-13-15-39(16-14-37)24-8-11-38(12-9-24)25-6-7-26(28(19-25)41-2)36-29-20-30(35-21-34-29)40-27(10-17-42-40)22-4-3-5-23(18-22)31(32)33/h3-7,18-21,24,27,31H,8-17H2,1-2H3,(H,34,35,36)/t27-/m1/s1. The maximum absolute atomic E-state index is 13.3. The number of piperazine rings is 1. The number of hydrogen-bond donors (Lipinski definition) is 1. The second kappa shape index (κ2) is 12.8. The molecule has 0 amide bonds. The number of nitrogens with one attached hydrogen (secondary N) is 1. The number of aromatic nitrogens is 2. The van der Waals surface area contributed by atoms with E-state index in [4.69, 9.17) is 9.57 Å². The molecule has 6 rings (SSSR count). The SMILES string of the molecule is COc1cc(N2CCC(N3CCN(C)CC3)CC2)ccc1Nc1cc(N2OCC[C@@H]2c2cccc(C(F)F)c2)ncn1. The van der Waals surface area contributed by atoms with Crippen molar-refractivity contribution in [3.63, 3.8) is 0 Å². The Labute approximate surface area is 246 Å². The van der Waals surface area contributed by atoms with Crippen LogP contribution in [0.1, 0.15) is 42.9 Å². The lowest BCUT2D eigenvalue weighted by Crippen LogP contribution is -2.52. The van der Waals surface area contributed by atoms with E-state index in [0.717, 1.165) is 62.0 Å². The van der Waals surface area contributed by atoms with Gasteiger partial charge in [-0.3, -0.25) is 9.74 Å². The molecule has 0 unspecified atom stereocenters. The summed E-state index contributed by atoms with van der Waals surface area (Å²) in [5.74, 6) is 1.86. The molecule has 224 valence electrons. The zero-order valence-corrected chi connectivity index (χ0v) is 24.3. The zero-order chi connectivity index (χ0) is 29.1. The van der Waals surface area contributed by atoms with E-state index in [-0.39, 0.29) is 11.6 Å². The van der Waals surface area contributed by atoms with Gasteiger partial charge in [-0.15, -0.1) is 0 Å². The number of halogens is 2. The van der Waals surface area contributed by atoms with E-state index >= 15 is 0 Å². The molecule has 0 spiro atoms. The summed E-state index contributed by atoms with van der Waals surface area (Å²) >= 11 is 0. The van der Waals surface area contributed by atoms with Crippen molar-refractivity contribution < 1.29 is 18.4 Å². The monoisotopic (exact) mass is 579 g/mol. The van der Waals surface area contributed by atoms with Gasteiger partial charge in [-0.2, -0.15) is 0 Å². The van der Waals surface area contributed by atoms with Crippen molar-refractivity contribution in [1.82, 2.24) is 19.8 Å². The Balaban J connectivity index is 1.12. The first-order valence-electron chi connectivity index (χ1n) is 14.7. The number of hydrogen-bond acceptors (Lipinski definition) is 9. The van der Waals surface area contributed by atoms with Gasteiger partial charge in [0.05, 0.1) is 25.4 Å². The van der Waals surface area contributed by atoms with Crippen molar-refractivity contribution >= 4 is 23.0 Å². The molecular weight excluding hydrogens is 540 g/mol. The lowest BCUT2D eigenvalue weighted by atomic mass is 10.0. The predicted octanol–water partition coefficient (Wildman–Crippen LogP) is 5.27. The Morgan fingerprint density at radius 3 is 2.52 bits per heavy atom. The summed E-state index contributed by atoms with van der Waals surface area (Å²) in [4.78, 5) is 22.2. The molecule has 42 heavy (non-hydrogen) atoms. The summed E-state index contributed by atoms with van der Waals surface area (Å²) in [6.45, 7) is 7.16. The molecule has 1 atom stereocenters. The summed E-state index contributed by atoms with van der Waals surface area (Å²) < 4.78 is 32.4. The maximum atomic E-state index is 13.3. The van der Waals surface area contributed by atoms with E-state index in [1.807, 2.05) is 12.1 Å². The van der Waals surface area contributed by atoms with Gasteiger partial charge in [0.15, 0.2) is 5.82 Å². The van der Waals surface area contributed by atoms with E-state index in [2.05, 4.69) is 49.2 Å². The third-order valence-corrected chi connectivity index (χ3v) is 8.66. The molecule has 0 radical (unpaired) electrons. The fourth-order valence-corrected chi connectivity index (χ4v) is 6.23. The lowest BCUT2D eigenvalue weighted by molar-refractivity contribution is 0.0982. The van der Waals surface area contributed by atoms with Crippen LogP contribution in [-0.4, -0.2) is 85.8 Å². The first-order chi connectivity index (χ1) is 20.5. The second-order valence-electron chi connectivity index (χ2n) is 11.3. The molecule has 3 aromatic rings. The van der Waals surface area contributed by atoms with Crippen molar-refractivity contribution in [2.24, 2.45) is 0 Å². The molecule has 2 aromatic carbocycles. The molecule has 3 saturated heterocycles. The van der Waals surface area contributed by atoms with Crippen LogP contribution >= 0.6 is 0 Å². The summed E-state index contributed by atoms with van der Waals surface area (Å²) in [7, 11) is 3.87. The molecule has 0 saturated carbocycles. The number of hydroxylamine groups is 1. The van der Waals surface area contributed by atoms with E-state index in [1.54, 1.807) is 30.4 Å². The van der Waals surface area contributed by atoms with Crippen LogP contribution in [0.15, 0.2) is 54.9 Å². The van der Waals surface area contributed by atoms with Crippen LogP contribution in [0.3, 0.4) is 0 Å². The average Bonchev–Trinajstić information content (AvgIpc) is 3.52. The van der Waals surface area contributed by atoms with Gasteiger partial charge in [-0.05, 0) is 43.7 Å². The minimum atomic E-state index is -2.52. The van der Waals surface area contributed by atoms with E-state index < -0.39 is 6.43 Å². The number of anilines is 4. The zero-order valence-electron chi connectivity index (χ0n) is 24.3. The normalized spacial score (nSPS) is 20.8. The topological polar surface area (TPSA) is 69.2 Å². The Hall–Kier alpha value is -3.54. The number of likely N-dealkylation sites (N-methyl/N-ethyl adjacent to an activating group) is 1. The average molecular weight is 580 g/mol. The van der Waals surface area contributed by atoms with Gasteiger partial charge in [-0.25, -0.2) is 23.8 Å². The first kappa shape index (κ1) is 28.6. The summed E-state index contributed by atoms with van der Waals surface area (Å²) in [6.07, 6.45) is 1.95. The summed E-state index contributed by atoms with van der Waals surface area (Å²) in [6, 6.07) is 15.0. The molecule has 0 bridgehead atoms. The summed E-state index contributed by atoms with van der Waals surface area (Å²) in [5.41, 5.74) is 2.71. The van der Waals surface area contributed by atoms with Crippen molar-refractivity contribution in [1.29, 1.82) is 0 Å². The Morgan fingerprint density at radius 1 is 0.952 bits per heavy atom. The van der Waals surface area contributed by atoms with Gasteiger partial charge in [0.2, 0.25) is 0 Å². The minimum absolute atomic E-state index is 0.000614. The minimum Gasteiger partial charge on any atom is -0.494 e. The van der Waals surface area contributed by atoms with Crippen LogP contribution < -0.4 is 20.0 Å². The summed E-state index contributed by atoms with van der Waals surface area (Å²) in [5, 5.41) is 5.05. The largest absolute Gasteiger partial charge is 0.494 e. The molecule has 4 heterocycles. The molecule has 1 aromatic heterocycles. The first-order valence-corrected chi connectivity index (χ1v) is 14.7. The Bertz CT molecular complexity index is 1350. The molecular formula is C31H39F2N7O2. The molecule has 3 aliphatic rings. The molecule has 3 aliphatic heterocycles. The number of methoxy groups -OCH3 is 1. The number of benzene rings is 2. The van der Waals surface area contributed by atoms with Crippen molar-refractivity contribution in [2.75, 3.05) is 75.3 Å². The van der Waals surface area contributed by atoms with Crippen molar-refractivity contribution in [3.8, 4) is 5.75 Å².